The van der Waals surface area contributed by atoms with Crippen LogP contribution in [0.1, 0.15) is 22.3 Å². The van der Waals surface area contributed by atoms with Crippen LogP contribution in [0, 0.1) is 0 Å². The van der Waals surface area contributed by atoms with Gasteiger partial charge in [-0.15, -0.1) is 0 Å². The molecule has 11 rings (SSSR count). The predicted molar refractivity (Wildman–Crippen MR) is 220 cm³/mol. The smallest absolute Gasteiger partial charge is 0.0979 e. The van der Waals surface area contributed by atoms with E-state index in [-0.39, 0.29) is 0 Å². The number of fused-ring (bicyclic) bond motifs is 11. The van der Waals surface area contributed by atoms with Crippen molar-refractivity contribution in [2.45, 2.75) is 5.41 Å². The van der Waals surface area contributed by atoms with E-state index in [0.29, 0.717) is 0 Å². The van der Waals surface area contributed by atoms with E-state index >= 15 is 0 Å². The van der Waals surface area contributed by atoms with Crippen LogP contribution < -0.4 is 0 Å². The molecule has 0 bridgehead atoms. The zero-order chi connectivity index (χ0) is 34.9. The summed E-state index contributed by atoms with van der Waals surface area (Å²) >= 11 is 0. The molecule has 0 saturated carbocycles. The maximum absolute atomic E-state index is 5.65. The van der Waals surface area contributed by atoms with Crippen molar-refractivity contribution in [2.24, 2.45) is 0 Å². The van der Waals surface area contributed by atoms with Crippen molar-refractivity contribution in [3.63, 3.8) is 0 Å². The van der Waals surface area contributed by atoms with Crippen LogP contribution in [-0.4, -0.2) is 9.97 Å². The van der Waals surface area contributed by atoms with Crippen LogP contribution in [0.2, 0.25) is 0 Å². The number of hydrogen-bond donors (Lipinski definition) is 0. The zero-order valence-electron chi connectivity index (χ0n) is 28.9. The van der Waals surface area contributed by atoms with E-state index in [2.05, 4.69) is 194 Å². The molecule has 1 heterocycles. The van der Waals surface area contributed by atoms with Crippen molar-refractivity contribution in [2.75, 3.05) is 0 Å². The van der Waals surface area contributed by atoms with Gasteiger partial charge in [-0.25, -0.2) is 9.97 Å². The van der Waals surface area contributed by atoms with Gasteiger partial charge in [-0.1, -0.05) is 194 Å². The Bertz CT molecular complexity index is 3000. The van der Waals surface area contributed by atoms with E-state index in [1.54, 1.807) is 0 Å². The Morgan fingerprint density at radius 1 is 0.302 bits per heavy atom. The first-order chi connectivity index (χ1) is 26.3. The first kappa shape index (κ1) is 29.8. The summed E-state index contributed by atoms with van der Waals surface area (Å²) in [6, 6.07) is 70.1. The van der Waals surface area contributed by atoms with E-state index in [4.69, 9.17) is 9.97 Å². The summed E-state index contributed by atoms with van der Waals surface area (Å²) in [4.78, 5) is 11.2. The van der Waals surface area contributed by atoms with Crippen LogP contribution in [0.5, 0.6) is 0 Å². The minimum Gasteiger partial charge on any atom is -0.243 e. The predicted octanol–water partition coefficient (Wildman–Crippen LogP) is 12.8. The summed E-state index contributed by atoms with van der Waals surface area (Å²) in [7, 11) is 0. The second-order valence-electron chi connectivity index (χ2n) is 14.0. The molecule has 2 nitrogen and oxygen atoms in total. The third-order valence-electron chi connectivity index (χ3n) is 11.3. The highest BCUT2D eigenvalue weighted by molar-refractivity contribution is 6.24. The summed E-state index contributed by atoms with van der Waals surface area (Å²) in [5, 5.41) is 6.98. The van der Waals surface area contributed by atoms with Gasteiger partial charge in [0.2, 0.25) is 0 Å². The van der Waals surface area contributed by atoms with Crippen LogP contribution in [0.15, 0.2) is 194 Å². The van der Waals surface area contributed by atoms with Crippen LogP contribution >= 0.6 is 0 Å². The van der Waals surface area contributed by atoms with E-state index in [0.717, 1.165) is 49.7 Å². The molecule has 246 valence electrons. The Morgan fingerprint density at radius 2 is 0.792 bits per heavy atom. The lowest BCUT2D eigenvalue weighted by atomic mass is 9.67. The summed E-state index contributed by atoms with van der Waals surface area (Å²) in [6.45, 7) is 0. The standard InChI is InChI=1S/C51H32N2/c1-4-17-33(18-5-1)47-48(53-50-41-26-13-11-24-37(41)36-23-10-12-25-40(36)49(50)52-47)42-29-16-28-39-38(42)31-32-45-46(39)43-27-14-15-30-44(43)51(45,34-19-6-2-7-20-34)35-21-8-3-9-22-35/h1-32H. The van der Waals surface area contributed by atoms with Gasteiger partial charge in [0.25, 0.3) is 0 Å². The largest absolute Gasteiger partial charge is 0.243 e. The fraction of sp³-hybridized carbons (Fsp3) is 0.0196. The molecule has 0 N–H and O–H groups in total. The molecule has 0 aliphatic heterocycles. The van der Waals surface area contributed by atoms with E-state index in [1.807, 2.05) is 0 Å². The number of benzene rings is 9. The molecule has 0 saturated heterocycles. The van der Waals surface area contributed by atoms with Gasteiger partial charge < -0.3 is 0 Å². The lowest BCUT2D eigenvalue weighted by Crippen LogP contribution is -2.28. The molecule has 1 aliphatic carbocycles. The first-order valence-electron chi connectivity index (χ1n) is 18.3. The molecular formula is C51H32N2. The number of aromatic nitrogens is 2. The van der Waals surface area contributed by atoms with Gasteiger partial charge in [-0.3, -0.25) is 0 Å². The van der Waals surface area contributed by atoms with Gasteiger partial charge in [-0.2, -0.15) is 0 Å². The highest BCUT2D eigenvalue weighted by Gasteiger charge is 2.46. The fourth-order valence-corrected chi connectivity index (χ4v) is 9.15. The molecule has 2 heteroatoms. The summed E-state index contributed by atoms with van der Waals surface area (Å²) in [5.74, 6) is 0. The Kier molecular flexibility index (Phi) is 6.50. The molecule has 1 aliphatic rings. The van der Waals surface area contributed by atoms with Gasteiger partial charge in [0.15, 0.2) is 0 Å². The van der Waals surface area contributed by atoms with Crippen LogP contribution in [0.3, 0.4) is 0 Å². The average Bonchev–Trinajstić information content (AvgIpc) is 3.55. The van der Waals surface area contributed by atoms with Crippen molar-refractivity contribution < 1.29 is 0 Å². The lowest BCUT2D eigenvalue weighted by molar-refractivity contribution is 0.769. The molecule has 9 aromatic carbocycles. The fourth-order valence-electron chi connectivity index (χ4n) is 9.15. The highest BCUT2D eigenvalue weighted by atomic mass is 14.8. The molecule has 0 radical (unpaired) electrons. The maximum atomic E-state index is 5.65. The minimum atomic E-state index is -0.462. The third kappa shape index (κ3) is 4.21. The SMILES string of the molecule is c1ccc(-c2nc3c4ccccc4c4ccccc4c3nc2-c2cccc3c4c(ccc23)C(c2ccccc2)(c2ccccc2)c2ccccc2-4)cc1. The lowest BCUT2D eigenvalue weighted by Gasteiger charge is -2.34. The summed E-state index contributed by atoms with van der Waals surface area (Å²) < 4.78 is 0. The summed E-state index contributed by atoms with van der Waals surface area (Å²) in [6.07, 6.45) is 0. The van der Waals surface area contributed by atoms with Crippen LogP contribution in [0.25, 0.3) is 77.0 Å². The van der Waals surface area contributed by atoms with Crippen molar-refractivity contribution in [3.8, 4) is 33.6 Å². The van der Waals surface area contributed by atoms with Gasteiger partial charge in [0, 0.05) is 21.9 Å². The number of rotatable bonds is 4. The molecule has 10 aromatic rings. The van der Waals surface area contributed by atoms with Gasteiger partial charge in [0.1, 0.15) is 0 Å². The van der Waals surface area contributed by atoms with Crippen molar-refractivity contribution in [3.05, 3.63) is 216 Å². The molecule has 53 heavy (non-hydrogen) atoms. The Balaban J connectivity index is 1.26. The third-order valence-corrected chi connectivity index (χ3v) is 11.3. The van der Waals surface area contributed by atoms with E-state index in [1.165, 1.54) is 49.5 Å². The van der Waals surface area contributed by atoms with Gasteiger partial charge in [0.05, 0.1) is 27.8 Å². The average molecular weight is 673 g/mol. The second-order valence-corrected chi connectivity index (χ2v) is 14.0. The van der Waals surface area contributed by atoms with Crippen molar-refractivity contribution >= 4 is 43.4 Å². The minimum absolute atomic E-state index is 0.462. The van der Waals surface area contributed by atoms with Crippen molar-refractivity contribution in [1.82, 2.24) is 9.97 Å². The normalized spacial score (nSPS) is 13.1. The highest BCUT2D eigenvalue weighted by Crippen LogP contribution is 2.58. The molecule has 0 atom stereocenters. The molecular weight excluding hydrogens is 641 g/mol. The number of nitrogens with zero attached hydrogens (tertiary/aromatic N) is 2. The van der Waals surface area contributed by atoms with E-state index < -0.39 is 5.41 Å². The first-order valence-corrected chi connectivity index (χ1v) is 18.3. The van der Waals surface area contributed by atoms with Crippen LogP contribution in [0.4, 0.5) is 0 Å². The van der Waals surface area contributed by atoms with E-state index in [9.17, 15) is 0 Å². The van der Waals surface area contributed by atoms with Crippen molar-refractivity contribution in [1.29, 1.82) is 0 Å². The van der Waals surface area contributed by atoms with Gasteiger partial charge >= 0.3 is 0 Å². The molecule has 0 unspecified atom stereocenters. The maximum Gasteiger partial charge on any atom is 0.0979 e. The zero-order valence-corrected chi connectivity index (χ0v) is 28.9. The molecule has 0 amide bonds. The second kappa shape index (κ2) is 11.6. The Labute approximate surface area is 307 Å². The van der Waals surface area contributed by atoms with Crippen LogP contribution in [-0.2, 0) is 5.41 Å². The Morgan fingerprint density at radius 3 is 1.43 bits per heavy atom. The molecule has 0 fully saturated rings. The summed E-state index contributed by atoms with van der Waals surface area (Å²) in [5.41, 5.74) is 12.9. The molecule has 1 aromatic heterocycles. The topological polar surface area (TPSA) is 25.8 Å². The monoisotopic (exact) mass is 672 g/mol. The number of hydrogen-bond acceptors (Lipinski definition) is 2. The molecule has 0 spiro atoms. The Hall–Kier alpha value is -6.90. The quantitative estimate of drug-likeness (QED) is 0.174. The van der Waals surface area contributed by atoms with Gasteiger partial charge in [-0.05, 0) is 54.9 Å².